The lowest BCUT2D eigenvalue weighted by Crippen LogP contribution is -2.29. The van der Waals surface area contributed by atoms with Gasteiger partial charge in [0, 0.05) is 20.0 Å². The van der Waals surface area contributed by atoms with Gasteiger partial charge in [-0.2, -0.15) is 13.2 Å². The van der Waals surface area contributed by atoms with Gasteiger partial charge < -0.3 is 10.0 Å². The third-order valence-corrected chi connectivity index (χ3v) is 2.77. The molecule has 8 heteroatoms. The van der Waals surface area contributed by atoms with Crippen LogP contribution in [-0.2, 0) is 11.0 Å². The van der Waals surface area contributed by atoms with Crippen molar-refractivity contribution in [2.24, 2.45) is 0 Å². The van der Waals surface area contributed by atoms with Gasteiger partial charge in [0.05, 0.1) is 11.1 Å². The summed E-state index contributed by atoms with van der Waals surface area (Å²) in [6.45, 7) is 0.000812. The molecule has 1 N–H and O–H groups in total. The average molecular weight is 307 g/mol. The molecule has 0 aromatic heterocycles. The number of rotatable bonds is 5. The van der Waals surface area contributed by atoms with Crippen LogP contribution in [0.3, 0.4) is 0 Å². The van der Waals surface area contributed by atoms with Crippen LogP contribution in [0.4, 0.5) is 17.6 Å². The highest BCUT2D eigenvalue weighted by molar-refractivity contribution is 5.94. The molecule has 0 radical (unpaired) electrons. The largest absolute Gasteiger partial charge is 0.481 e. The molecule has 0 fully saturated rings. The molecule has 4 nitrogen and oxygen atoms in total. The molecule has 1 aromatic rings. The zero-order valence-corrected chi connectivity index (χ0v) is 11.1. The van der Waals surface area contributed by atoms with Gasteiger partial charge in [-0.25, -0.2) is 4.39 Å². The fourth-order valence-electron chi connectivity index (χ4n) is 1.69. The molecule has 0 unspecified atom stereocenters. The molecule has 0 aliphatic heterocycles. The summed E-state index contributed by atoms with van der Waals surface area (Å²) < 4.78 is 51.4. The topological polar surface area (TPSA) is 57.6 Å². The van der Waals surface area contributed by atoms with E-state index in [2.05, 4.69) is 0 Å². The number of carboxylic acids is 1. The normalized spacial score (nSPS) is 11.3. The third-order valence-electron chi connectivity index (χ3n) is 2.77. The van der Waals surface area contributed by atoms with Gasteiger partial charge in [0.1, 0.15) is 5.82 Å². The summed E-state index contributed by atoms with van der Waals surface area (Å²) in [6, 6.07) is 2.46. The van der Waals surface area contributed by atoms with E-state index in [9.17, 15) is 27.2 Å². The Labute approximate surface area is 118 Å². The summed E-state index contributed by atoms with van der Waals surface area (Å²) in [5.74, 6) is -3.61. The minimum Gasteiger partial charge on any atom is -0.481 e. The zero-order chi connectivity index (χ0) is 16.2. The average Bonchev–Trinajstić information content (AvgIpc) is 2.36. The van der Waals surface area contributed by atoms with Gasteiger partial charge in [0.2, 0.25) is 0 Å². The molecule has 0 aliphatic carbocycles. The minimum atomic E-state index is -4.89. The van der Waals surface area contributed by atoms with Crippen LogP contribution in [-0.4, -0.2) is 35.5 Å². The van der Waals surface area contributed by atoms with Crippen molar-refractivity contribution in [1.29, 1.82) is 0 Å². The first kappa shape index (κ1) is 16.9. The van der Waals surface area contributed by atoms with Gasteiger partial charge >= 0.3 is 12.1 Å². The molecule has 0 saturated heterocycles. The second-order valence-corrected chi connectivity index (χ2v) is 4.39. The molecule has 0 heterocycles. The molecule has 0 bridgehead atoms. The van der Waals surface area contributed by atoms with Crippen LogP contribution in [0, 0.1) is 5.82 Å². The number of aliphatic carboxylic acids is 1. The first-order valence-corrected chi connectivity index (χ1v) is 5.97. The SMILES string of the molecule is CN(CCCC(=O)O)C(=O)c1cccc(C(F)(F)F)c1F. The van der Waals surface area contributed by atoms with Crippen molar-refractivity contribution in [2.75, 3.05) is 13.6 Å². The van der Waals surface area contributed by atoms with E-state index in [1.165, 1.54) is 7.05 Å². The summed E-state index contributed by atoms with van der Waals surface area (Å²) in [5.41, 5.74) is -2.20. The minimum absolute atomic E-state index is 0.000812. The molecular formula is C13H13F4NO3. The fourth-order valence-corrected chi connectivity index (χ4v) is 1.69. The van der Waals surface area contributed by atoms with E-state index in [-0.39, 0.29) is 19.4 Å². The Morgan fingerprint density at radius 2 is 1.90 bits per heavy atom. The number of nitrogens with zero attached hydrogens (tertiary/aromatic N) is 1. The van der Waals surface area contributed by atoms with Crippen LogP contribution in [0.1, 0.15) is 28.8 Å². The number of hydrogen-bond donors (Lipinski definition) is 1. The van der Waals surface area contributed by atoms with Crippen LogP contribution in [0.2, 0.25) is 0 Å². The molecule has 0 saturated carbocycles. The van der Waals surface area contributed by atoms with Gasteiger partial charge in [0.15, 0.2) is 0 Å². The van der Waals surface area contributed by atoms with Gasteiger partial charge in [-0.05, 0) is 18.6 Å². The summed E-state index contributed by atoms with van der Waals surface area (Å²) in [7, 11) is 1.27. The number of amides is 1. The highest BCUT2D eigenvalue weighted by Gasteiger charge is 2.36. The predicted octanol–water partition coefficient (Wildman–Crippen LogP) is 2.78. The second kappa shape index (κ2) is 6.55. The molecule has 116 valence electrons. The Bertz CT molecular complexity index is 543. The molecule has 21 heavy (non-hydrogen) atoms. The lowest BCUT2D eigenvalue weighted by molar-refractivity contribution is -0.140. The molecule has 1 rings (SSSR count). The number of halogens is 4. The molecule has 1 amide bonds. The Morgan fingerprint density at radius 1 is 1.29 bits per heavy atom. The fraction of sp³-hybridized carbons (Fsp3) is 0.385. The Morgan fingerprint density at radius 3 is 2.43 bits per heavy atom. The van der Waals surface area contributed by atoms with Crippen molar-refractivity contribution in [3.8, 4) is 0 Å². The van der Waals surface area contributed by atoms with Gasteiger partial charge in [-0.3, -0.25) is 9.59 Å². The molecule has 0 spiro atoms. The van der Waals surface area contributed by atoms with Crippen molar-refractivity contribution in [3.63, 3.8) is 0 Å². The van der Waals surface area contributed by atoms with Crippen LogP contribution < -0.4 is 0 Å². The van der Waals surface area contributed by atoms with Crippen molar-refractivity contribution in [2.45, 2.75) is 19.0 Å². The van der Waals surface area contributed by atoms with Gasteiger partial charge in [0.25, 0.3) is 5.91 Å². The van der Waals surface area contributed by atoms with E-state index in [0.717, 1.165) is 17.0 Å². The summed E-state index contributed by atoms with van der Waals surface area (Å²) in [4.78, 5) is 23.2. The van der Waals surface area contributed by atoms with E-state index >= 15 is 0 Å². The van der Waals surface area contributed by atoms with E-state index < -0.39 is 35.0 Å². The smallest absolute Gasteiger partial charge is 0.419 e. The lowest BCUT2D eigenvalue weighted by atomic mass is 10.1. The zero-order valence-electron chi connectivity index (χ0n) is 11.1. The maximum atomic E-state index is 13.8. The highest BCUT2D eigenvalue weighted by Crippen LogP contribution is 2.32. The van der Waals surface area contributed by atoms with Crippen LogP contribution in [0.5, 0.6) is 0 Å². The number of carbonyl (C=O) groups is 2. The number of carboxylic acid groups (broad SMARTS) is 1. The first-order valence-electron chi connectivity index (χ1n) is 5.97. The Kier molecular flexibility index (Phi) is 5.28. The van der Waals surface area contributed by atoms with Crippen LogP contribution in [0.15, 0.2) is 18.2 Å². The first-order chi connectivity index (χ1) is 9.64. The molecule has 0 atom stereocenters. The molecular weight excluding hydrogens is 294 g/mol. The van der Waals surface area contributed by atoms with E-state index in [4.69, 9.17) is 5.11 Å². The van der Waals surface area contributed by atoms with Crippen LogP contribution in [0.25, 0.3) is 0 Å². The second-order valence-electron chi connectivity index (χ2n) is 4.39. The molecule has 1 aromatic carbocycles. The Hall–Kier alpha value is -2.12. The highest BCUT2D eigenvalue weighted by atomic mass is 19.4. The maximum absolute atomic E-state index is 13.8. The van der Waals surface area contributed by atoms with Crippen molar-refractivity contribution in [3.05, 3.63) is 35.1 Å². The number of hydrogen-bond acceptors (Lipinski definition) is 2. The van der Waals surface area contributed by atoms with Crippen LogP contribution >= 0.6 is 0 Å². The van der Waals surface area contributed by atoms with Crippen molar-refractivity contribution in [1.82, 2.24) is 4.90 Å². The van der Waals surface area contributed by atoms with E-state index in [1.54, 1.807) is 0 Å². The lowest BCUT2D eigenvalue weighted by Gasteiger charge is -2.18. The number of benzene rings is 1. The maximum Gasteiger partial charge on any atom is 0.419 e. The Balaban J connectivity index is 2.90. The summed E-state index contributed by atoms with van der Waals surface area (Å²) >= 11 is 0. The standard InChI is InChI=1S/C13H13F4NO3/c1-18(7-3-6-10(19)20)12(21)8-4-2-5-9(11(8)14)13(15,16)17/h2,4-5H,3,6-7H2,1H3,(H,19,20). The van der Waals surface area contributed by atoms with Crippen molar-refractivity contribution < 1.29 is 32.3 Å². The third kappa shape index (κ3) is 4.44. The monoisotopic (exact) mass is 307 g/mol. The van der Waals surface area contributed by atoms with Gasteiger partial charge in [-0.15, -0.1) is 0 Å². The quantitative estimate of drug-likeness (QED) is 0.851. The number of carbonyl (C=O) groups excluding carboxylic acids is 1. The van der Waals surface area contributed by atoms with E-state index in [1.807, 2.05) is 0 Å². The predicted molar refractivity (Wildman–Crippen MR) is 65.2 cm³/mol. The summed E-state index contributed by atoms with van der Waals surface area (Å²) in [5, 5.41) is 8.46. The summed E-state index contributed by atoms with van der Waals surface area (Å²) in [6.07, 6.45) is -4.96. The van der Waals surface area contributed by atoms with Gasteiger partial charge in [-0.1, -0.05) is 6.07 Å². The molecule has 0 aliphatic rings. The number of alkyl halides is 3. The van der Waals surface area contributed by atoms with E-state index in [0.29, 0.717) is 6.07 Å². The van der Waals surface area contributed by atoms with Crippen molar-refractivity contribution >= 4 is 11.9 Å².